The van der Waals surface area contributed by atoms with Crippen molar-refractivity contribution in [2.45, 2.75) is 38.3 Å². The number of benzene rings is 1. The summed E-state index contributed by atoms with van der Waals surface area (Å²) >= 11 is 0. The summed E-state index contributed by atoms with van der Waals surface area (Å²) in [4.78, 5) is 45.8. The normalized spacial score (nSPS) is 12.5. The first-order chi connectivity index (χ1) is 14.2. The van der Waals surface area contributed by atoms with Gasteiger partial charge in [0.2, 0.25) is 11.8 Å². The predicted octanol–water partition coefficient (Wildman–Crippen LogP) is -0.375. The number of carbonyl (C=O) groups is 4. The molecule has 0 bridgehead atoms. The number of nitrogens with one attached hydrogen (secondary N) is 3. The van der Waals surface area contributed by atoms with Gasteiger partial charge >= 0.3 is 5.97 Å². The van der Waals surface area contributed by atoms with Crippen LogP contribution in [-0.2, 0) is 30.3 Å². The van der Waals surface area contributed by atoms with Crippen LogP contribution in [0.25, 0.3) is 0 Å². The highest BCUT2D eigenvalue weighted by Crippen LogP contribution is 2.09. The van der Waals surface area contributed by atoms with Crippen LogP contribution in [0.1, 0.15) is 30.9 Å². The van der Waals surface area contributed by atoms with Crippen LogP contribution in [0.5, 0.6) is 0 Å². The van der Waals surface area contributed by atoms with E-state index < -0.39 is 29.9 Å². The maximum absolute atomic E-state index is 12.6. The monoisotopic (exact) mass is 420 g/mol. The van der Waals surface area contributed by atoms with Crippen LogP contribution >= 0.6 is 0 Å². The van der Waals surface area contributed by atoms with Crippen molar-refractivity contribution in [2.75, 3.05) is 19.8 Å². The molecule has 0 aliphatic rings. The molecule has 1 rings (SSSR count). The van der Waals surface area contributed by atoms with E-state index in [1.54, 1.807) is 31.2 Å². The highest BCUT2D eigenvalue weighted by Gasteiger charge is 2.24. The number of amides is 2. The van der Waals surface area contributed by atoms with Gasteiger partial charge in [-0.05, 0) is 24.5 Å². The second-order valence-corrected chi connectivity index (χ2v) is 6.66. The Morgan fingerprint density at radius 2 is 1.90 bits per heavy atom. The molecule has 6 N–H and O–H groups in total. The molecule has 10 heteroatoms. The maximum Gasteiger partial charge on any atom is 0.303 e. The minimum atomic E-state index is -1.07. The summed E-state index contributed by atoms with van der Waals surface area (Å²) in [6, 6.07) is 5.02. The summed E-state index contributed by atoms with van der Waals surface area (Å²) in [5, 5.41) is 21.6. The number of hydrogen-bond donors (Lipinski definition) is 5. The molecule has 10 nitrogen and oxygen atoms in total. The average molecular weight is 420 g/mol. The van der Waals surface area contributed by atoms with Gasteiger partial charge < -0.3 is 36.4 Å². The van der Waals surface area contributed by atoms with Crippen LogP contribution < -0.4 is 16.4 Å². The van der Waals surface area contributed by atoms with E-state index in [2.05, 4.69) is 10.6 Å². The Bertz CT molecular complexity index is 750. The van der Waals surface area contributed by atoms with E-state index >= 15 is 0 Å². The Hall–Kier alpha value is -3.11. The van der Waals surface area contributed by atoms with Gasteiger partial charge in [0.05, 0.1) is 12.6 Å². The molecule has 1 aromatic carbocycles. The van der Waals surface area contributed by atoms with Crippen molar-refractivity contribution in [3.8, 4) is 0 Å². The lowest BCUT2D eigenvalue weighted by molar-refractivity contribution is -0.137. The van der Waals surface area contributed by atoms with Gasteiger partial charge in [0, 0.05) is 25.1 Å². The summed E-state index contributed by atoms with van der Waals surface area (Å²) in [6.07, 6.45) is 0.463. The lowest BCUT2D eigenvalue weighted by atomic mass is 10.0. The Balaban J connectivity index is 2.79. The van der Waals surface area contributed by atoms with Gasteiger partial charge in [-0.3, -0.25) is 14.4 Å². The van der Waals surface area contributed by atoms with Gasteiger partial charge in [0.1, 0.15) is 18.9 Å². The van der Waals surface area contributed by atoms with Gasteiger partial charge in [0.15, 0.2) is 0 Å². The molecular formula is C20H28N4O6. The zero-order chi connectivity index (χ0) is 22.5. The van der Waals surface area contributed by atoms with Gasteiger partial charge in [-0.25, -0.2) is 0 Å². The largest absolute Gasteiger partial charge is 0.481 e. The van der Waals surface area contributed by atoms with Crippen molar-refractivity contribution in [1.29, 1.82) is 5.41 Å². The van der Waals surface area contributed by atoms with Gasteiger partial charge in [-0.2, -0.15) is 0 Å². The summed E-state index contributed by atoms with van der Waals surface area (Å²) in [5.41, 5.74) is 7.64. The summed E-state index contributed by atoms with van der Waals surface area (Å²) in [5.74, 6) is -2.15. The summed E-state index contributed by atoms with van der Waals surface area (Å²) in [7, 11) is 0. The van der Waals surface area contributed by atoms with Crippen molar-refractivity contribution in [3.05, 3.63) is 35.4 Å². The number of aliphatic carboxylic acids is 1. The van der Waals surface area contributed by atoms with E-state index in [9.17, 15) is 19.2 Å². The van der Waals surface area contributed by atoms with Crippen LogP contribution in [0.15, 0.2) is 24.3 Å². The van der Waals surface area contributed by atoms with Crippen molar-refractivity contribution >= 4 is 29.8 Å². The van der Waals surface area contributed by atoms with E-state index in [1.165, 1.54) is 0 Å². The Morgan fingerprint density at radius 3 is 2.47 bits per heavy atom. The lowest BCUT2D eigenvalue weighted by Crippen LogP contribution is -2.53. The zero-order valence-corrected chi connectivity index (χ0v) is 16.8. The van der Waals surface area contributed by atoms with Crippen molar-refractivity contribution in [3.63, 3.8) is 0 Å². The number of aldehydes is 1. The molecule has 0 spiro atoms. The second-order valence-electron chi connectivity index (χ2n) is 6.66. The van der Waals surface area contributed by atoms with Crippen molar-refractivity contribution < 1.29 is 29.0 Å². The molecule has 0 aliphatic heterocycles. The fraction of sp³-hybridized carbons (Fsp3) is 0.450. The highest BCUT2D eigenvalue weighted by molar-refractivity contribution is 5.96. The molecule has 1 aromatic rings. The molecule has 0 saturated carbocycles. The van der Waals surface area contributed by atoms with Crippen LogP contribution in [0.4, 0.5) is 0 Å². The third-order valence-electron chi connectivity index (χ3n) is 4.20. The molecule has 0 fully saturated rings. The smallest absolute Gasteiger partial charge is 0.303 e. The molecule has 2 amide bonds. The first-order valence-corrected chi connectivity index (χ1v) is 9.46. The van der Waals surface area contributed by atoms with E-state index in [1.807, 2.05) is 0 Å². The zero-order valence-electron chi connectivity index (χ0n) is 16.8. The molecule has 30 heavy (non-hydrogen) atoms. The molecule has 0 radical (unpaired) electrons. The number of ether oxygens (including phenoxy) is 1. The van der Waals surface area contributed by atoms with E-state index in [0.29, 0.717) is 12.0 Å². The SMILES string of the molecule is CC(=N)c1ccc(C[C@H](NC(=O)[C@H](N)CCC(=O)O)C(=O)NCCOCC=O)cc1. The third kappa shape index (κ3) is 9.39. The third-order valence-corrected chi connectivity index (χ3v) is 4.20. The topological polar surface area (TPSA) is 172 Å². The molecule has 2 atom stereocenters. The van der Waals surface area contributed by atoms with E-state index in [-0.39, 0.29) is 39.0 Å². The Kier molecular flexibility index (Phi) is 10.9. The molecular weight excluding hydrogens is 392 g/mol. The molecule has 0 saturated heterocycles. The van der Waals surface area contributed by atoms with Gasteiger partial charge in [-0.1, -0.05) is 24.3 Å². The van der Waals surface area contributed by atoms with Gasteiger partial charge in [-0.15, -0.1) is 0 Å². The van der Waals surface area contributed by atoms with E-state index in [4.69, 9.17) is 21.0 Å². The first-order valence-electron chi connectivity index (χ1n) is 9.46. The minimum Gasteiger partial charge on any atom is -0.481 e. The van der Waals surface area contributed by atoms with Crippen LogP contribution in [0.2, 0.25) is 0 Å². The second kappa shape index (κ2) is 13.2. The quantitative estimate of drug-likeness (QED) is 0.155. The number of rotatable bonds is 14. The molecule has 0 heterocycles. The fourth-order valence-electron chi connectivity index (χ4n) is 2.53. The van der Waals surface area contributed by atoms with Crippen LogP contribution in [-0.4, -0.2) is 66.7 Å². The molecule has 0 aromatic heterocycles. The minimum absolute atomic E-state index is 0.0532. The maximum atomic E-state index is 12.6. The Morgan fingerprint density at radius 1 is 1.23 bits per heavy atom. The van der Waals surface area contributed by atoms with Crippen molar-refractivity contribution in [2.24, 2.45) is 5.73 Å². The molecule has 0 aliphatic carbocycles. The number of carboxylic acid groups (broad SMARTS) is 1. The van der Waals surface area contributed by atoms with Gasteiger partial charge in [0.25, 0.3) is 0 Å². The standard InChI is InChI=1S/C20H28N4O6/c1-13(21)15-4-2-14(3-5-15)12-17(20(29)23-8-10-30-11-9-25)24-19(28)16(22)6-7-18(26)27/h2-5,9,16-17,21H,6-8,10-12,22H2,1H3,(H,23,29)(H,24,28)(H,26,27)/t16-,17+/m1/s1. The Labute approximate surface area is 174 Å². The number of hydrogen-bond acceptors (Lipinski definition) is 7. The average Bonchev–Trinajstić information content (AvgIpc) is 2.71. The summed E-state index contributed by atoms with van der Waals surface area (Å²) in [6.45, 7) is 1.87. The summed E-state index contributed by atoms with van der Waals surface area (Å²) < 4.78 is 4.97. The molecule has 164 valence electrons. The number of nitrogens with two attached hydrogens (primary N) is 1. The predicted molar refractivity (Wildman–Crippen MR) is 109 cm³/mol. The van der Waals surface area contributed by atoms with Crippen LogP contribution in [0.3, 0.4) is 0 Å². The number of carbonyl (C=O) groups excluding carboxylic acids is 3. The fourth-order valence-corrected chi connectivity index (χ4v) is 2.53. The van der Waals surface area contributed by atoms with E-state index in [0.717, 1.165) is 11.1 Å². The molecule has 0 unspecified atom stereocenters. The lowest BCUT2D eigenvalue weighted by Gasteiger charge is -2.21. The van der Waals surface area contributed by atoms with Crippen molar-refractivity contribution in [1.82, 2.24) is 10.6 Å². The highest BCUT2D eigenvalue weighted by atomic mass is 16.5. The van der Waals surface area contributed by atoms with Crippen LogP contribution in [0, 0.1) is 5.41 Å². The number of carboxylic acids is 1. The first kappa shape index (κ1) is 24.9.